The van der Waals surface area contributed by atoms with E-state index in [2.05, 4.69) is 21.6 Å². The summed E-state index contributed by atoms with van der Waals surface area (Å²) < 4.78 is 7.52. The maximum Gasteiger partial charge on any atom is 0.306 e. The maximum atomic E-state index is 10.8. The second-order valence-corrected chi connectivity index (χ2v) is 4.80. The van der Waals surface area contributed by atoms with Gasteiger partial charge in [-0.1, -0.05) is 24.1 Å². The van der Waals surface area contributed by atoms with Crippen LogP contribution in [0.15, 0.2) is 12.2 Å². The highest BCUT2D eigenvalue weighted by molar-refractivity contribution is 7.98. The summed E-state index contributed by atoms with van der Waals surface area (Å²) in [4.78, 5) is 21.6. The number of carbonyl (C=O) groups excluding carboxylic acids is 2. The summed E-state index contributed by atoms with van der Waals surface area (Å²) in [7, 11) is 1.37. The highest BCUT2D eigenvalue weighted by Gasteiger charge is 2.17. The molecule has 0 heterocycles. The van der Waals surface area contributed by atoms with Crippen molar-refractivity contribution in [2.75, 3.05) is 13.7 Å². The third kappa shape index (κ3) is 4.81. The highest BCUT2D eigenvalue weighted by atomic mass is 32.2. The van der Waals surface area contributed by atoms with Crippen molar-refractivity contribution in [2.24, 2.45) is 5.92 Å². The summed E-state index contributed by atoms with van der Waals surface area (Å²) in [6, 6.07) is 0. The Morgan fingerprint density at radius 3 is 3.00 bits per heavy atom. The predicted octanol–water partition coefficient (Wildman–Crippen LogP) is 1.32. The Morgan fingerprint density at radius 1 is 1.75 bits per heavy atom. The number of esters is 1. The lowest BCUT2D eigenvalue weighted by Gasteiger charge is -2.20. The van der Waals surface area contributed by atoms with Gasteiger partial charge in [0.05, 0.1) is 18.8 Å². The van der Waals surface area contributed by atoms with E-state index in [0.29, 0.717) is 18.9 Å². The van der Waals surface area contributed by atoms with Crippen LogP contribution in [0.2, 0.25) is 0 Å². The molecule has 0 amide bonds. The molecule has 4 nitrogen and oxygen atoms in total. The van der Waals surface area contributed by atoms with Gasteiger partial charge in [0.25, 0.3) is 0 Å². The zero-order valence-electron chi connectivity index (χ0n) is 9.35. The molecule has 1 N–H and O–H groups in total. The largest absolute Gasteiger partial charge is 0.469 e. The Bertz CT molecular complexity index is 268. The fourth-order valence-electron chi connectivity index (χ4n) is 1.35. The minimum absolute atomic E-state index is 0.0346. The molecule has 0 aliphatic heterocycles. The van der Waals surface area contributed by atoms with Crippen molar-refractivity contribution in [1.82, 2.24) is 4.72 Å². The van der Waals surface area contributed by atoms with Crippen molar-refractivity contribution >= 4 is 24.2 Å². The third-order valence-corrected chi connectivity index (χ3v) is 3.40. The molecular weight excluding hydrogens is 226 g/mol. The molecule has 90 valence electrons. The maximum absolute atomic E-state index is 10.8. The van der Waals surface area contributed by atoms with Crippen LogP contribution in [0.25, 0.3) is 0 Å². The summed E-state index contributed by atoms with van der Waals surface area (Å²) in [6.07, 6.45) is 7.48. The van der Waals surface area contributed by atoms with Crippen LogP contribution >= 0.6 is 11.9 Å². The van der Waals surface area contributed by atoms with Gasteiger partial charge in [-0.3, -0.25) is 9.52 Å². The fraction of sp³-hybridized carbons (Fsp3) is 0.636. The van der Waals surface area contributed by atoms with Crippen LogP contribution in [-0.2, 0) is 14.3 Å². The molecule has 0 bridgehead atoms. The van der Waals surface area contributed by atoms with E-state index in [1.165, 1.54) is 19.1 Å². The molecule has 0 saturated heterocycles. The Morgan fingerprint density at radius 2 is 2.50 bits per heavy atom. The first-order valence-electron chi connectivity index (χ1n) is 5.33. The van der Waals surface area contributed by atoms with Gasteiger partial charge in [-0.15, -0.1) is 0 Å². The highest BCUT2D eigenvalue weighted by Crippen LogP contribution is 2.25. The van der Waals surface area contributed by atoms with Crippen molar-refractivity contribution < 1.29 is 14.3 Å². The Balaban J connectivity index is 2.06. The van der Waals surface area contributed by atoms with Gasteiger partial charge >= 0.3 is 5.97 Å². The van der Waals surface area contributed by atoms with E-state index >= 15 is 0 Å². The first kappa shape index (κ1) is 13.3. The standard InChI is InChI=1S/C11H17NO3S/c1-15-11(14)5-6-12-16-10(8-13)7-9-3-2-4-9/h2-3,8-10,12H,4-7H2,1H3. The van der Waals surface area contributed by atoms with Gasteiger partial charge in [-0.05, 0) is 18.8 Å². The van der Waals surface area contributed by atoms with E-state index in [9.17, 15) is 9.59 Å². The Hall–Kier alpha value is -0.810. The number of ether oxygens (including phenoxy) is 1. The molecule has 1 aliphatic carbocycles. The molecular formula is C11H17NO3S. The first-order chi connectivity index (χ1) is 7.76. The Labute approximate surface area is 99.9 Å². The van der Waals surface area contributed by atoms with Crippen LogP contribution < -0.4 is 4.72 Å². The molecule has 0 aromatic carbocycles. The predicted molar refractivity (Wildman–Crippen MR) is 63.9 cm³/mol. The number of nitrogens with one attached hydrogen (secondary N) is 1. The average Bonchev–Trinajstić information content (AvgIpc) is 2.25. The lowest BCUT2D eigenvalue weighted by Crippen LogP contribution is -2.20. The van der Waals surface area contributed by atoms with Crippen LogP contribution in [-0.4, -0.2) is 31.2 Å². The molecule has 2 unspecified atom stereocenters. The van der Waals surface area contributed by atoms with Crippen molar-refractivity contribution in [1.29, 1.82) is 0 Å². The normalized spacial score (nSPS) is 19.9. The van der Waals surface area contributed by atoms with Gasteiger partial charge < -0.3 is 9.53 Å². The van der Waals surface area contributed by atoms with E-state index in [1.807, 2.05) is 0 Å². The topological polar surface area (TPSA) is 55.4 Å². The SMILES string of the molecule is COC(=O)CCNSC(C=O)CC1C=CC1. The van der Waals surface area contributed by atoms with Gasteiger partial charge in [0, 0.05) is 6.54 Å². The number of carbonyl (C=O) groups is 2. The summed E-state index contributed by atoms with van der Waals surface area (Å²) in [5.74, 6) is 0.308. The molecule has 0 spiro atoms. The third-order valence-electron chi connectivity index (χ3n) is 2.43. The van der Waals surface area contributed by atoms with Gasteiger partial charge in [0.15, 0.2) is 0 Å². The fourth-order valence-corrected chi connectivity index (χ4v) is 2.19. The number of aldehydes is 1. The quantitative estimate of drug-likeness (QED) is 0.229. The monoisotopic (exact) mass is 243 g/mol. The van der Waals surface area contributed by atoms with Gasteiger partial charge in [-0.2, -0.15) is 0 Å². The second kappa shape index (κ2) is 7.46. The molecule has 0 fully saturated rings. The van der Waals surface area contributed by atoms with Crippen LogP contribution in [0.4, 0.5) is 0 Å². The molecule has 0 saturated carbocycles. The van der Waals surface area contributed by atoms with Crippen LogP contribution in [0.5, 0.6) is 0 Å². The summed E-state index contributed by atoms with van der Waals surface area (Å²) >= 11 is 1.39. The summed E-state index contributed by atoms with van der Waals surface area (Å²) in [5, 5.41) is -0.0346. The zero-order chi connectivity index (χ0) is 11.8. The lowest BCUT2D eigenvalue weighted by molar-refractivity contribution is -0.140. The second-order valence-electron chi connectivity index (χ2n) is 3.67. The number of allylic oxidation sites excluding steroid dienone is 2. The number of hydrogen-bond acceptors (Lipinski definition) is 5. The van der Waals surface area contributed by atoms with Gasteiger partial charge in [-0.25, -0.2) is 0 Å². The number of hydrogen-bond donors (Lipinski definition) is 1. The van der Waals surface area contributed by atoms with Crippen LogP contribution in [0, 0.1) is 5.92 Å². The number of rotatable bonds is 8. The summed E-state index contributed by atoms with van der Waals surface area (Å²) in [5.41, 5.74) is 0. The molecule has 1 rings (SSSR count). The Kier molecular flexibility index (Phi) is 6.18. The van der Waals surface area contributed by atoms with Crippen molar-refractivity contribution in [2.45, 2.75) is 24.5 Å². The molecule has 0 aromatic heterocycles. The van der Waals surface area contributed by atoms with Crippen LogP contribution in [0.1, 0.15) is 19.3 Å². The summed E-state index contributed by atoms with van der Waals surface area (Å²) in [6.45, 7) is 0.530. The molecule has 0 aromatic rings. The van der Waals surface area contributed by atoms with Crippen molar-refractivity contribution in [3.63, 3.8) is 0 Å². The van der Waals surface area contributed by atoms with Crippen LogP contribution in [0.3, 0.4) is 0 Å². The molecule has 2 atom stereocenters. The van der Waals surface area contributed by atoms with E-state index in [-0.39, 0.29) is 11.2 Å². The zero-order valence-corrected chi connectivity index (χ0v) is 10.2. The number of methoxy groups -OCH3 is 1. The smallest absolute Gasteiger partial charge is 0.306 e. The van der Waals surface area contributed by atoms with E-state index in [0.717, 1.165) is 19.1 Å². The molecule has 1 aliphatic rings. The lowest BCUT2D eigenvalue weighted by atomic mass is 9.91. The van der Waals surface area contributed by atoms with E-state index < -0.39 is 0 Å². The van der Waals surface area contributed by atoms with Gasteiger partial charge in [0.1, 0.15) is 6.29 Å². The molecule has 5 heteroatoms. The average molecular weight is 243 g/mol. The van der Waals surface area contributed by atoms with Crippen molar-refractivity contribution in [3.8, 4) is 0 Å². The minimum atomic E-state index is -0.238. The molecule has 16 heavy (non-hydrogen) atoms. The van der Waals surface area contributed by atoms with E-state index in [4.69, 9.17) is 0 Å². The van der Waals surface area contributed by atoms with Gasteiger partial charge in [0.2, 0.25) is 0 Å². The minimum Gasteiger partial charge on any atom is -0.469 e. The first-order valence-corrected chi connectivity index (χ1v) is 6.21. The van der Waals surface area contributed by atoms with Crippen molar-refractivity contribution in [3.05, 3.63) is 12.2 Å². The molecule has 0 radical (unpaired) electrons. The van der Waals surface area contributed by atoms with E-state index in [1.54, 1.807) is 0 Å².